The highest BCUT2D eigenvalue weighted by Crippen LogP contribution is 2.80. The van der Waals surface area contributed by atoms with E-state index in [2.05, 4.69) is 11.8 Å². The van der Waals surface area contributed by atoms with E-state index in [-0.39, 0.29) is 30.9 Å². The second-order valence-corrected chi connectivity index (χ2v) is 14.6. The van der Waals surface area contributed by atoms with Crippen molar-refractivity contribution in [3.63, 3.8) is 0 Å². The number of nitrogens with zero attached hydrogens (tertiary/aromatic N) is 1. The van der Waals surface area contributed by atoms with Crippen LogP contribution in [0.1, 0.15) is 37.0 Å². The molecule has 47 heavy (non-hydrogen) atoms. The van der Waals surface area contributed by atoms with E-state index < -0.39 is 76.5 Å². The topological polar surface area (TPSA) is 146 Å². The summed E-state index contributed by atoms with van der Waals surface area (Å²) in [6, 6.07) is 6.45. The van der Waals surface area contributed by atoms with E-state index in [0.717, 1.165) is 0 Å². The summed E-state index contributed by atoms with van der Waals surface area (Å²) in [5.41, 5.74) is -4.16. The molecule has 1 spiro atoms. The van der Waals surface area contributed by atoms with Gasteiger partial charge in [0.05, 0.1) is 37.6 Å². The Balaban J connectivity index is 1.48. The lowest BCUT2D eigenvalue weighted by molar-refractivity contribution is -0.330. The third-order valence-electron chi connectivity index (χ3n) is 13.6. The Morgan fingerprint density at radius 1 is 0.979 bits per heavy atom. The molecule has 1 heterocycles. The van der Waals surface area contributed by atoms with Crippen LogP contribution < -0.4 is 4.74 Å². The summed E-state index contributed by atoms with van der Waals surface area (Å²) >= 11 is 0. The Labute approximate surface area is 276 Å². The van der Waals surface area contributed by atoms with Crippen molar-refractivity contribution in [2.45, 2.75) is 80.6 Å². The average Bonchev–Trinajstić information content (AvgIpc) is 3.44. The fourth-order valence-corrected chi connectivity index (χ4v) is 12.5. The van der Waals surface area contributed by atoms with Crippen LogP contribution in [0.3, 0.4) is 0 Å². The number of aliphatic hydroxyl groups is 3. The fraction of sp³-hybridized carbons (Fsp3) is 0.800. The standard InChI is InChI=1S/C35H51NO11/c1-8-36-16-32(17-41-3)21(37)14-22(43-5)34-20-15-33(40)29(47-31(39)18-10-12-19(42-4)13-11-18)23(20)35(46-9-2,28(38)30(33)45-7)24(27(34)36)25(44-6)26(32)34/h10-13,20-30,37-38,40H,8-9,14-17H2,1-7H3/t20-,21-,22+,23-,24+,25+,26-,27-,28+,29-,30+,32+,33-,34+,35-/m1/s1. The molecule has 3 N–H and O–H groups in total. The number of esters is 1. The molecular weight excluding hydrogens is 610 g/mol. The molecule has 0 aromatic heterocycles. The highest BCUT2D eigenvalue weighted by Gasteiger charge is 2.91. The maximum Gasteiger partial charge on any atom is 0.338 e. The Hall–Kier alpha value is -1.87. The van der Waals surface area contributed by atoms with Gasteiger partial charge in [0.2, 0.25) is 0 Å². The molecule has 1 aromatic rings. The molecule has 0 amide bonds. The number of benzene rings is 1. The molecule has 0 unspecified atom stereocenters. The number of methoxy groups -OCH3 is 5. The van der Waals surface area contributed by atoms with Crippen molar-refractivity contribution in [3.05, 3.63) is 29.8 Å². The number of hydrogen-bond donors (Lipinski definition) is 3. The number of likely N-dealkylation sites (tertiary alicyclic amines) is 1. The van der Waals surface area contributed by atoms with E-state index in [1.165, 1.54) is 7.11 Å². The van der Waals surface area contributed by atoms with Crippen molar-refractivity contribution in [3.8, 4) is 5.75 Å². The zero-order chi connectivity index (χ0) is 33.7. The summed E-state index contributed by atoms with van der Waals surface area (Å²) in [6.45, 7) is 5.81. The summed E-state index contributed by atoms with van der Waals surface area (Å²) in [7, 11) is 8.06. The van der Waals surface area contributed by atoms with Gasteiger partial charge in [-0.3, -0.25) is 4.90 Å². The van der Waals surface area contributed by atoms with Crippen LogP contribution in [0.5, 0.6) is 5.75 Å². The first-order valence-electron chi connectivity index (χ1n) is 17.0. The summed E-state index contributed by atoms with van der Waals surface area (Å²) in [6.07, 6.45) is -4.56. The molecule has 5 saturated carbocycles. The van der Waals surface area contributed by atoms with Gasteiger partial charge in [0.25, 0.3) is 0 Å². The molecule has 7 rings (SSSR count). The van der Waals surface area contributed by atoms with Crippen molar-refractivity contribution in [2.24, 2.45) is 34.5 Å². The van der Waals surface area contributed by atoms with Crippen LogP contribution >= 0.6 is 0 Å². The molecule has 7 bridgehead atoms. The third kappa shape index (κ3) is 3.88. The average molecular weight is 662 g/mol. The maximum atomic E-state index is 13.9. The number of piperidine rings is 1. The summed E-state index contributed by atoms with van der Waals surface area (Å²) < 4.78 is 43.5. The minimum atomic E-state index is -1.74. The van der Waals surface area contributed by atoms with Gasteiger partial charge in [-0.2, -0.15) is 0 Å². The van der Waals surface area contributed by atoms with Gasteiger partial charge >= 0.3 is 5.97 Å². The largest absolute Gasteiger partial charge is 0.497 e. The van der Waals surface area contributed by atoms with Gasteiger partial charge in [0.15, 0.2) is 0 Å². The quantitative estimate of drug-likeness (QED) is 0.293. The number of carbonyl (C=O) groups is 1. The van der Waals surface area contributed by atoms with E-state index in [1.54, 1.807) is 52.7 Å². The highest BCUT2D eigenvalue weighted by molar-refractivity contribution is 5.89. The van der Waals surface area contributed by atoms with Crippen LogP contribution in [-0.4, -0.2) is 142 Å². The zero-order valence-electron chi connectivity index (χ0n) is 28.5. The smallest absolute Gasteiger partial charge is 0.338 e. The third-order valence-corrected chi connectivity index (χ3v) is 13.6. The van der Waals surface area contributed by atoms with Gasteiger partial charge in [-0.1, -0.05) is 6.92 Å². The summed E-state index contributed by atoms with van der Waals surface area (Å²) in [5.74, 6) is -1.71. The number of fused-ring (bicyclic) bond motifs is 2. The lowest BCUT2D eigenvalue weighted by atomic mass is 9.42. The van der Waals surface area contributed by atoms with Gasteiger partial charge in [-0.25, -0.2) is 4.79 Å². The predicted octanol–water partition coefficient (Wildman–Crippen LogP) is 1.13. The molecule has 5 aliphatic carbocycles. The van der Waals surface area contributed by atoms with E-state index >= 15 is 0 Å². The molecule has 6 aliphatic rings. The highest BCUT2D eigenvalue weighted by atomic mass is 16.6. The molecule has 15 atom stereocenters. The van der Waals surface area contributed by atoms with Gasteiger partial charge in [0, 0.05) is 82.6 Å². The van der Waals surface area contributed by atoms with Crippen LogP contribution in [0.25, 0.3) is 0 Å². The van der Waals surface area contributed by atoms with Crippen molar-refractivity contribution in [1.82, 2.24) is 4.90 Å². The molecule has 12 nitrogen and oxygen atoms in total. The van der Waals surface area contributed by atoms with Crippen LogP contribution in [0.2, 0.25) is 0 Å². The molecule has 6 fully saturated rings. The van der Waals surface area contributed by atoms with E-state index in [0.29, 0.717) is 37.4 Å². The minimum absolute atomic E-state index is 0.176. The van der Waals surface area contributed by atoms with Gasteiger partial charge in [-0.05, 0) is 50.1 Å². The zero-order valence-corrected chi connectivity index (χ0v) is 28.5. The summed E-state index contributed by atoms with van der Waals surface area (Å²) in [5, 5.41) is 37.5. The molecule has 1 saturated heterocycles. The number of ether oxygens (including phenoxy) is 7. The molecule has 1 aliphatic heterocycles. The van der Waals surface area contributed by atoms with E-state index in [1.807, 2.05) is 6.92 Å². The Kier molecular flexibility index (Phi) is 8.30. The van der Waals surface area contributed by atoms with Crippen molar-refractivity contribution in [2.75, 3.05) is 61.9 Å². The molecule has 262 valence electrons. The molecule has 12 heteroatoms. The molecule has 1 aromatic carbocycles. The van der Waals surface area contributed by atoms with Crippen molar-refractivity contribution >= 4 is 5.97 Å². The van der Waals surface area contributed by atoms with Gasteiger partial charge in [-0.15, -0.1) is 0 Å². The molecule has 0 radical (unpaired) electrons. The number of hydrogen-bond acceptors (Lipinski definition) is 12. The first kappa shape index (κ1) is 33.6. The molecular formula is C35H51NO11. The fourth-order valence-electron chi connectivity index (χ4n) is 12.5. The predicted molar refractivity (Wildman–Crippen MR) is 167 cm³/mol. The first-order valence-corrected chi connectivity index (χ1v) is 17.0. The lowest BCUT2D eigenvalue weighted by Gasteiger charge is -2.70. The van der Waals surface area contributed by atoms with Crippen LogP contribution in [0.15, 0.2) is 24.3 Å². The first-order chi connectivity index (χ1) is 22.6. The lowest BCUT2D eigenvalue weighted by Crippen LogP contribution is -2.81. The van der Waals surface area contributed by atoms with Crippen LogP contribution in [-0.2, 0) is 28.4 Å². The maximum absolute atomic E-state index is 13.9. The number of rotatable bonds is 11. The van der Waals surface area contributed by atoms with Crippen LogP contribution in [0.4, 0.5) is 0 Å². The number of aliphatic hydroxyl groups excluding tert-OH is 2. The van der Waals surface area contributed by atoms with Gasteiger partial charge in [0.1, 0.15) is 35.3 Å². The summed E-state index contributed by atoms with van der Waals surface area (Å²) in [4.78, 5) is 16.3. The monoisotopic (exact) mass is 661 g/mol. The second-order valence-electron chi connectivity index (χ2n) is 14.6. The Morgan fingerprint density at radius 3 is 2.28 bits per heavy atom. The Morgan fingerprint density at radius 2 is 1.70 bits per heavy atom. The van der Waals surface area contributed by atoms with Crippen molar-refractivity contribution < 1.29 is 53.3 Å². The SMILES string of the molecule is CCO[C@]12[C@H]3[C@@H](OC(=O)c4ccc(OC)cc4)[C@](O)(C[C@H]3[C@@]34[C@@H](OC)C[C@@H](O)[C@@]5(COC)CN(CC)[C@@H]3[C@@H]1[C@H](OC)[C@H]54)[C@@H](OC)[C@@H]2O. The van der Waals surface area contributed by atoms with E-state index in [9.17, 15) is 20.1 Å². The van der Waals surface area contributed by atoms with Crippen molar-refractivity contribution in [1.29, 1.82) is 0 Å². The van der Waals surface area contributed by atoms with Crippen LogP contribution in [0, 0.1) is 34.5 Å². The second kappa shape index (κ2) is 11.6. The van der Waals surface area contributed by atoms with Gasteiger partial charge < -0.3 is 48.5 Å². The van der Waals surface area contributed by atoms with E-state index in [4.69, 9.17) is 33.2 Å². The minimum Gasteiger partial charge on any atom is -0.497 e. The normalized spacial score (nSPS) is 49.2. The Bertz CT molecular complexity index is 1350. The number of carbonyl (C=O) groups excluding carboxylic acids is 1.